The zero-order valence-electron chi connectivity index (χ0n) is 14.6. The summed E-state index contributed by atoms with van der Waals surface area (Å²) in [6.45, 7) is 5.33. The molecular formula is C18H29FIN3O. The lowest BCUT2D eigenvalue weighted by atomic mass is 9.96. The Kier molecular flexibility index (Phi) is 9.58. The van der Waals surface area contributed by atoms with Gasteiger partial charge in [-0.3, -0.25) is 4.99 Å². The van der Waals surface area contributed by atoms with Crippen LogP contribution in [-0.4, -0.2) is 39.3 Å². The van der Waals surface area contributed by atoms with E-state index in [1.54, 1.807) is 19.2 Å². The number of benzene rings is 1. The summed E-state index contributed by atoms with van der Waals surface area (Å²) in [6, 6.07) is 6.88. The van der Waals surface area contributed by atoms with Crippen molar-refractivity contribution in [3.8, 4) is 0 Å². The number of hydrogen-bond acceptors (Lipinski definition) is 2. The van der Waals surface area contributed by atoms with Crippen LogP contribution in [0.2, 0.25) is 0 Å². The van der Waals surface area contributed by atoms with Gasteiger partial charge in [0.25, 0.3) is 0 Å². The van der Waals surface area contributed by atoms with Crippen LogP contribution < -0.4 is 10.6 Å². The third-order valence-corrected chi connectivity index (χ3v) is 4.34. The lowest BCUT2D eigenvalue weighted by Gasteiger charge is -2.19. The van der Waals surface area contributed by atoms with Crippen molar-refractivity contribution < 1.29 is 9.13 Å². The van der Waals surface area contributed by atoms with Crippen molar-refractivity contribution >= 4 is 29.9 Å². The molecule has 1 aromatic rings. The summed E-state index contributed by atoms with van der Waals surface area (Å²) < 4.78 is 18.4. The minimum atomic E-state index is -0.179. The van der Waals surface area contributed by atoms with Gasteiger partial charge in [0.05, 0.1) is 0 Å². The number of aliphatic imine (C=N–C) groups is 1. The number of nitrogens with one attached hydrogen (secondary N) is 2. The molecule has 136 valence electrons. The van der Waals surface area contributed by atoms with E-state index in [0.29, 0.717) is 0 Å². The Morgan fingerprint density at radius 3 is 2.50 bits per heavy atom. The molecule has 0 radical (unpaired) electrons. The fourth-order valence-electron chi connectivity index (χ4n) is 2.68. The molecule has 0 bridgehead atoms. The molecule has 0 spiro atoms. The van der Waals surface area contributed by atoms with E-state index < -0.39 is 0 Å². The van der Waals surface area contributed by atoms with Crippen LogP contribution >= 0.6 is 24.0 Å². The molecule has 0 unspecified atom stereocenters. The van der Waals surface area contributed by atoms with E-state index in [9.17, 15) is 4.39 Å². The molecule has 1 saturated carbocycles. The average Bonchev–Trinajstić information content (AvgIpc) is 3.35. The standard InChI is InChI=1S/C18H28FN3O.HI/c1-3-23-13-5-4-12-21-17(20-2)22-14-18(10-11-18)15-6-8-16(19)9-7-15;/h6-9H,3-5,10-14H2,1-2H3,(H2,20,21,22);1H. The number of rotatable bonds is 9. The van der Waals surface area contributed by atoms with Gasteiger partial charge in [0.15, 0.2) is 5.96 Å². The van der Waals surface area contributed by atoms with Crippen LogP contribution in [0.3, 0.4) is 0 Å². The van der Waals surface area contributed by atoms with E-state index in [1.807, 2.05) is 19.1 Å². The van der Waals surface area contributed by atoms with Crippen molar-refractivity contribution in [2.45, 2.75) is 38.0 Å². The van der Waals surface area contributed by atoms with E-state index >= 15 is 0 Å². The average molecular weight is 449 g/mol. The molecule has 1 fully saturated rings. The van der Waals surface area contributed by atoms with Crippen LogP contribution in [-0.2, 0) is 10.2 Å². The van der Waals surface area contributed by atoms with Crippen molar-refractivity contribution in [1.82, 2.24) is 10.6 Å². The molecule has 0 aliphatic heterocycles. The van der Waals surface area contributed by atoms with E-state index in [2.05, 4.69) is 15.6 Å². The maximum absolute atomic E-state index is 13.1. The molecule has 6 heteroatoms. The van der Waals surface area contributed by atoms with Crippen LogP contribution in [0.25, 0.3) is 0 Å². The zero-order valence-corrected chi connectivity index (χ0v) is 16.9. The smallest absolute Gasteiger partial charge is 0.191 e. The van der Waals surface area contributed by atoms with Gasteiger partial charge < -0.3 is 15.4 Å². The van der Waals surface area contributed by atoms with Gasteiger partial charge in [-0.1, -0.05) is 12.1 Å². The number of unbranched alkanes of at least 4 members (excludes halogenated alkanes) is 1. The molecule has 0 amide bonds. The molecule has 2 N–H and O–H groups in total. The van der Waals surface area contributed by atoms with Gasteiger partial charge in [-0.15, -0.1) is 24.0 Å². The second-order valence-electron chi connectivity index (χ2n) is 6.04. The summed E-state index contributed by atoms with van der Waals surface area (Å²) in [5, 5.41) is 6.73. The second-order valence-corrected chi connectivity index (χ2v) is 6.04. The van der Waals surface area contributed by atoms with Crippen LogP contribution in [0.15, 0.2) is 29.3 Å². The molecule has 1 aromatic carbocycles. The molecule has 4 nitrogen and oxygen atoms in total. The first-order valence-corrected chi connectivity index (χ1v) is 8.48. The SMILES string of the molecule is CCOCCCCNC(=NC)NCC1(c2ccc(F)cc2)CC1.I. The van der Waals surface area contributed by atoms with Gasteiger partial charge in [-0.2, -0.15) is 0 Å². The van der Waals surface area contributed by atoms with Crippen LogP contribution in [0.4, 0.5) is 4.39 Å². The second kappa shape index (κ2) is 10.9. The van der Waals surface area contributed by atoms with Gasteiger partial charge in [0.1, 0.15) is 5.82 Å². The monoisotopic (exact) mass is 449 g/mol. The molecule has 1 aliphatic carbocycles. The summed E-state index contributed by atoms with van der Waals surface area (Å²) in [4.78, 5) is 4.26. The van der Waals surface area contributed by atoms with E-state index in [0.717, 1.165) is 57.9 Å². The van der Waals surface area contributed by atoms with Crippen LogP contribution in [0.5, 0.6) is 0 Å². The van der Waals surface area contributed by atoms with Gasteiger partial charge in [0.2, 0.25) is 0 Å². The summed E-state index contributed by atoms with van der Waals surface area (Å²) in [7, 11) is 1.78. The highest BCUT2D eigenvalue weighted by molar-refractivity contribution is 14.0. The quantitative estimate of drug-likeness (QED) is 0.263. The van der Waals surface area contributed by atoms with Crippen LogP contribution in [0, 0.1) is 5.82 Å². The normalized spacial score (nSPS) is 15.5. The van der Waals surface area contributed by atoms with Gasteiger partial charge >= 0.3 is 0 Å². The highest BCUT2D eigenvalue weighted by Gasteiger charge is 2.44. The fraction of sp³-hybridized carbons (Fsp3) is 0.611. The van der Waals surface area contributed by atoms with Gasteiger partial charge in [-0.05, 0) is 50.3 Å². The van der Waals surface area contributed by atoms with E-state index in [-0.39, 0.29) is 35.2 Å². The van der Waals surface area contributed by atoms with E-state index in [4.69, 9.17) is 4.74 Å². The number of guanidine groups is 1. The zero-order chi connectivity index (χ0) is 16.5. The lowest BCUT2D eigenvalue weighted by Crippen LogP contribution is -2.41. The van der Waals surface area contributed by atoms with Crippen molar-refractivity contribution in [2.75, 3.05) is 33.4 Å². The third kappa shape index (κ3) is 6.55. The van der Waals surface area contributed by atoms with Gasteiger partial charge in [0, 0.05) is 38.8 Å². The Morgan fingerprint density at radius 2 is 1.92 bits per heavy atom. The first kappa shape index (κ1) is 21.2. The Balaban J connectivity index is 0.00000288. The fourth-order valence-corrected chi connectivity index (χ4v) is 2.68. The number of hydrogen-bond donors (Lipinski definition) is 2. The first-order valence-electron chi connectivity index (χ1n) is 8.48. The first-order chi connectivity index (χ1) is 11.2. The lowest BCUT2D eigenvalue weighted by molar-refractivity contribution is 0.143. The molecule has 1 aliphatic rings. The molecule has 0 heterocycles. The van der Waals surface area contributed by atoms with Gasteiger partial charge in [-0.25, -0.2) is 4.39 Å². The molecule has 2 rings (SSSR count). The van der Waals surface area contributed by atoms with Crippen molar-refractivity contribution in [1.29, 1.82) is 0 Å². The highest BCUT2D eigenvalue weighted by Crippen LogP contribution is 2.47. The number of ether oxygens (including phenoxy) is 1. The Hall–Kier alpha value is -0.890. The molecule has 0 atom stereocenters. The Labute approximate surface area is 161 Å². The summed E-state index contributed by atoms with van der Waals surface area (Å²) in [6.07, 6.45) is 4.38. The summed E-state index contributed by atoms with van der Waals surface area (Å²) in [5.74, 6) is 0.650. The summed E-state index contributed by atoms with van der Waals surface area (Å²) >= 11 is 0. The number of nitrogens with zero attached hydrogens (tertiary/aromatic N) is 1. The Morgan fingerprint density at radius 1 is 1.21 bits per heavy atom. The van der Waals surface area contributed by atoms with Crippen molar-refractivity contribution in [2.24, 2.45) is 4.99 Å². The Bertz CT molecular complexity index is 503. The summed E-state index contributed by atoms with van der Waals surface area (Å²) in [5.41, 5.74) is 1.35. The third-order valence-electron chi connectivity index (χ3n) is 4.34. The predicted octanol–water partition coefficient (Wildman–Crippen LogP) is 3.46. The largest absolute Gasteiger partial charge is 0.382 e. The van der Waals surface area contributed by atoms with Crippen molar-refractivity contribution in [3.63, 3.8) is 0 Å². The number of halogens is 2. The maximum Gasteiger partial charge on any atom is 0.191 e. The maximum atomic E-state index is 13.1. The minimum absolute atomic E-state index is 0. The molecule has 24 heavy (non-hydrogen) atoms. The topological polar surface area (TPSA) is 45.6 Å². The molecule has 0 aromatic heterocycles. The van der Waals surface area contributed by atoms with E-state index in [1.165, 1.54) is 5.56 Å². The predicted molar refractivity (Wildman–Crippen MR) is 108 cm³/mol. The molecule has 0 saturated heterocycles. The highest BCUT2D eigenvalue weighted by atomic mass is 127. The van der Waals surface area contributed by atoms with Crippen molar-refractivity contribution in [3.05, 3.63) is 35.6 Å². The minimum Gasteiger partial charge on any atom is -0.382 e. The molecular weight excluding hydrogens is 420 g/mol. The van der Waals surface area contributed by atoms with Crippen LogP contribution in [0.1, 0.15) is 38.2 Å².